The number of nitrogens with zero attached hydrogens (tertiary/aromatic N) is 2. The number of rotatable bonds is 6. The number of aromatic nitrogens is 2. The van der Waals surface area contributed by atoms with Crippen LogP contribution < -0.4 is 10.1 Å². The van der Waals surface area contributed by atoms with Gasteiger partial charge in [0.2, 0.25) is 5.88 Å². The van der Waals surface area contributed by atoms with Crippen LogP contribution in [0.15, 0.2) is 29.2 Å². The molecule has 4 nitrogen and oxygen atoms in total. The molecule has 0 radical (unpaired) electrons. The quantitative estimate of drug-likeness (QED) is 0.855. The third-order valence-corrected chi connectivity index (χ3v) is 2.88. The molecule has 0 saturated heterocycles. The Morgan fingerprint density at radius 2 is 2.35 bits per heavy atom. The molecule has 0 saturated carbocycles. The second-order valence-electron chi connectivity index (χ2n) is 3.58. The molecule has 0 aliphatic rings. The second kappa shape index (κ2) is 6.20. The summed E-state index contributed by atoms with van der Waals surface area (Å²) < 4.78 is 5.44. The van der Waals surface area contributed by atoms with Crippen molar-refractivity contribution in [3.8, 4) is 5.88 Å². The van der Waals surface area contributed by atoms with Gasteiger partial charge < -0.3 is 10.1 Å². The summed E-state index contributed by atoms with van der Waals surface area (Å²) in [7, 11) is 0. The highest BCUT2D eigenvalue weighted by molar-refractivity contribution is 7.07. The van der Waals surface area contributed by atoms with E-state index in [0.29, 0.717) is 12.5 Å². The van der Waals surface area contributed by atoms with E-state index in [1.165, 1.54) is 11.9 Å². The Labute approximate surface area is 105 Å². The second-order valence-corrected chi connectivity index (χ2v) is 4.36. The number of thiophene rings is 1. The van der Waals surface area contributed by atoms with Crippen LogP contribution in [0.2, 0.25) is 0 Å². The average Bonchev–Trinajstić information content (AvgIpc) is 2.87. The molecular formula is C12H15N3OS. The molecule has 0 atom stereocenters. The van der Waals surface area contributed by atoms with E-state index in [2.05, 4.69) is 39.0 Å². The SMILES string of the molecule is CCCOc1cc(NCc2ccsc2)ncn1. The number of hydrogen-bond acceptors (Lipinski definition) is 5. The lowest BCUT2D eigenvalue weighted by Crippen LogP contribution is -2.03. The lowest BCUT2D eigenvalue weighted by Gasteiger charge is -2.06. The first-order valence-electron chi connectivity index (χ1n) is 5.58. The summed E-state index contributed by atoms with van der Waals surface area (Å²) in [4.78, 5) is 8.20. The minimum Gasteiger partial charge on any atom is -0.478 e. The first-order chi connectivity index (χ1) is 8.38. The fourth-order valence-electron chi connectivity index (χ4n) is 1.31. The van der Waals surface area contributed by atoms with Gasteiger partial charge in [-0.2, -0.15) is 11.3 Å². The maximum atomic E-state index is 5.44. The molecule has 5 heteroatoms. The maximum Gasteiger partial charge on any atom is 0.218 e. The Balaban J connectivity index is 1.91. The first-order valence-corrected chi connectivity index (χ1v) is 6.52. The topological polar surface area (TPSA) is 47.0 Å². The van der Waals surface area contributed by atoms with Crippen LogP contribution in [0.5, 0.6) is 5.88 Å². The van der Waals surface area contributed by atoms with Crippen LogP contribution in [0.25, 0.3) is 0 Å². The average molecular weight is 249 g/mol. The Kier molecular flexibility index (Phi) is 4.32. The molecule has 90 valence electrons. The molecule has 0 unspecified atom stereocenters. The van der Waals surface area contributed by atoms with Crippen molar-refractivity contribution in [2.24, 2.45) is 0 Å². The first kappa shape index (κ1) is 11.9. The summed E-state index contributed by atoms with van der Waals surface area (Å²) >= 11 is 1.69. The van der Waals surface area contributed by atoms with Crippen LogP contribution in [-0.2, 0) is 6.54 Å². The largest absolute Gasteiger partial charge is 0.478 e. The monoisotopic (exact) mass is 249 g/mol. The minimum atomic E-state index is 0.620. The summed E-state index contributed by atoms with van der Waals surface area (Å²) in [5, 5.41) is 7.42. The summed E-state index contributed by atoms with van der Waals surface area (Å²) in [6.07, 6.45) is 2.49. The summed E-state index contributed by atoms with van der Waals surface area (Å²) in [6.45, 7) is 3.52. The van der Waals surface area contributed by atoms with Crippen molar-refractivity contribution in [2.75, 3.05) is 11.9 Å². The zero-order chi connectivity index (χ0) is 11.9. The van der Waals surface area contributed by atoms with E-state index < -0.39 is 0 Å². The van der Waals surface area contributed by atoms with Crippen LogP contribution in [0, 0.1) is 0 Å². The molecule has 0 aliphatic heterocycles. The smallest absolute Gasteiger partial charge is 0.218 e. The molecule has 0 spiro atoms. The Morgan fingerprint density at radius 1 is 1.41 bits per heavy atom. The fraction of sp³-hybridized carbons (Fsp3) is 0.333. The molecule has 1 N–H and O–H groups in total. The minimum absolute atomic E-state index is 0.620. The van der Waals surface area contributed by atoms with E-state index in [4.69, 9.17) is 4.74 Å². The van der Waals surface area contributed by atoms with Crippen molar-refractivity contribution in [3.05, 3.63) is 34.8 Å². The predicted molar refractivity (Wildman–Crippen MR) is 69.5 cm³/mol. The van der Waals surface area contributed by atoms with Gasteiger partial charge in [-0.3, -0.25) is 0 Å². The van der Waals surface area contributed by atoms with E-state index in [9.17, 15) is 0 Å². The molecule has 0 bridgehead atoms. The molecule has 0 amide bonds. The molecule has 0 aliphatic carbocycles. The molecule has 2 aromatic rings. The number of hydrogen-bond donors (Lipinski definition) is 1. The summed E-state index contributed by atoms with van der Waals surface area (Å²) in [6, 6.07) is 3.91. The van der Waals surface area contributed by atoms with Gasteiger partial charge in [0.15, 0.2) is 0 Å². The molecule has 0 aromatic carbocycles. The zero-order valence-electron chi connectivity index (χ0n) is 9.72. The molecule has 2 aromatic heterocycles. The highest BCUT2D eigenvalue weighted by Crippen LogP contribution is 2.13. The Hall–Kier alpha value is -1.62. The van der Waals surface area contributed by atoms with Crippen LogP contribution in [0.3, 0.4) is 0 Å². The zero-order valence-corrected chi connectivity index (χ0v) is 10.5. The molecule has 0 fully saturated rings. The summed E-state index contributed by atoms with van der Waals surface area (Å²) in [5.41, 5.74) is 1.25. The maximum absolute atomic E-state index is 5.44. The van der Waals surface area contributed by atoms with E-state index >= 15 is 0 Å². The van der Waals surface area contributed by atoms with Crippen LogP contribution in [0.4, 0.5) is 5.82 Å². The van der Waals surface area contributed by atoms with Gasteiger partial charge in [-0.25, -0.2) is 9.97 Å². The van der Waals surface area contributed by atoms with Crippen molar-refractivity contribution in [1.82, 2.24) is 9.97 Å². The molecule has 2 rings (SSSR count). The van der Waals surface area contributed by atoms with E-state index in [1.807, 2.05) is 6.07 Å². The lowest BCUT2D eigenvalue weighted by molar-refractivity contribution is 0.305. The Morgan fingerprint density at radius 3 is 3.12 bits per heavy atom. The van der Waals surface area contributed by atoms with Crippen LogP contribution in [0.1, 0.15) is 18.9 Å². The fourth-order valence-corrected chi connectivity index (χ4v) is 1.98. The van der Waals surface area contributed by atoms with Gasteiger partial charge >= 0.3 is 0 Å². The highest BCUT2D eigenvalue weighted by Gasteiger charge is 1.99. The van der Waals surface area contributed by atoms with Crippen molar-refractivity contribution in [1.29, 1.82) is 0 Å². The highest BCUT2D eigenvalue weighted by atomic mass is 32.1. The van der Waals surface area contributed by atoms with Gasteiger partial charge in [0.1, 0.15) is 12.1 Å². The summed E-state index contributed by atoms with van der Waals surface area (Å²) in [5.74, 6) is 1.41. The van der Waals surface area contributed by atoms with Gasteiger partial charge in [0.05, 0.1) is 6.61 Å². The van der Waals surface area contributed by atoms with Crippen LogP contribution in [-0.4, -0.2) is 16.6 Å². The molecular weight excluding hydrogens is 234 g/mol. The predicted octanol–water partition coefficient (Wildman–Crippen LogP) is 2.94. The number of anilines is 1. The van der Waals surface area contributed by atoms with Gasteiger partial charge in [-0.1, -0.05) is 6.92 Å². The molecule has 17 heavy (non-hydrogen) atoms. The van der Waals surface area contributed by atoms with Crippen LogP contribution >= 0.6 is 11.3 Å². The normalized spacial score (nSPS) is 10.2. The van der Waals surface area contributed by atoms with E-state index in [1.54, 1.807) is 11.3 Å². The van der Waals surface area contributed by atoms with Crippen molar-refractivity contribution < 1.29 is 4.74 Å². The van der Waals surface area contributed by atoms with E-state index in [-0.39, 0.29) is 0 Å². The number of ether oxygens (including phenoxy) is 1. The van der Waals surface area contributed by atoms with Gasteiger partial charge in [-0.15, -0.1) is 0 Å². The van der Waals surface area contributed by atoms with E-state index in [0.717, 1.165) is 18.8 Å². The van der Waals surface area contributed by atoms with Gasteiger partial charge in [-0.05, 0) is 28.8 Å². The third-order valence-electron chi connectivity index (χ3n) is 2.15. The van der Waals surface area contributed by atoms with Crippen molar-refractivity contribution >= 4 is 17.2 Å². The van der Waals surface area contributed by atoms with Crippen molar-refractivity contribution in [3.63, 3.8) is 0 Å². The lowest BCUT2D eigenvalue weighted by atomic mass is 10.3. The standard InChI is InChI=1S/C12H15N3OS/c1-2-4-16-12-6-11(14-9-15-12)13-7-10-3-5-17-8-10/h3,5-6,8-9H,2,4,7H2,1H3,(H,13,14,15). The van der Waals surface area contributed by atoms with Gasteiger partial charge in [0.25, 0.3) is 0 Å². The third kappa shape index (κ3) is 3.71. The van der Waals surface area contributed by atoms with Crippen molar-refractivity contribution in [2.45, 2.75) is 19.9 Å². The van der Waals surface area contributed by atoms with Gasteiger partial charge in [0, 0.05) is 12.6 Å². The number of nitrogens with one attached hydrogen (secondary N) is 1. The molecule has 2 heterocycles. The Bertz CT molecular complexity index is 445.